The highest BCUT2D eigenvalue weighted by molar-refractivity contribution is 6.31. The van der Waals surface area contributed by atoms with Crippen molar-refractivity contribution < 1.29 is 19.1 Å². The fraction of sp³-hybridized carbons (Fsp3) is 0.263. The molecule has 5 nitrogen and oxygen atoms in total. The van der Waals surface area contributed by atoms with Crippen LogP contribution >= 0.6 is 11.6 Å². The number of carbonyl (C=O) groups is 2. The summed E-state index contributed by atoms with van der Waals surface area (Å²) in [4.78, 5) is 23.8. The van der Waals surface area contributed by atoms with Crippen LogP contribution in [0.25, 0.3) is 0 Å². The number of hydrogen-bond donors (Lipinski definition) is 1. The van der Waals surface area contributed by atoms with E-state index in [0.717, 1.165) is 11.1 Å². The zero-order valence-corrected chi connectivity index (χ0v) is 14.9. The first-order valence-corrected chi connectivity index (χ1v) is 8.18. The van der Waals surface area contributed by atoms with Gasteiger partial charge in [-0.15, -0.1) is 0 Å². The molecule has 0 aliphatic heterocycles. The maximum atomic E-state index is 12.0. The van der Waals surface area contributed by atoms with Gasteiger partial charge in [-0.05, 0) is 35.7 Å². The maximum Gasteiger partial charge on any atom is 0.341 e. The first-order valence-electron chi connectivity index (χ1n) is 7.80. The Bertz CT molecular complexity index is 761. The predicted molar refractivity (Wildman–Crippen MR) is 96.0 cm³/mol. The van der Waals surface area contributed by atoms with Crippen LogP contribution in [-0.2, 0) is 22.5 Å². The van der Waals surface area contributed by atoms with E-state index in [1.54, 1.807) is 24.3 Å². The number of amides is 1. The monoisotopic (exact) mass is 361 g/mol. The van der Waals surface area contributed by atoms with E-state index in [4.69, 9.17) is 21.1 Å². The summed E-state index contributed by atoms with van der Waals surface area (Å²) in [6.07, 6.45) is 0.908. The number of carbonyl (C=O) groups excluding carboxylic acids is 2. The van der Waals surface area contributed by atoms with Crippen molar-refractivity contribution in [1.82, 2.24) is 5.32 Å². The van der Waals surface area contributed by atoms with Gasteiger partial charge in [0.2, 0.25) is 5.91 Å². The normalized spacial score (nSPS) is 10.2. The lowest BCUT2D eigenvalue weighted by Gasteiger charge is -2.10. The third-order valence-corrected chi connectivity index (χ3v) is 4.11. The van der Waals surface area contributed by atoms with Gasteiger partial charge in [0.25, 0.3) is 0 Å². The minimum absolute atomic E-state index is 0.0876. The summed E-state index contributed by atoms with van der Waals surface area (Å²) in [5.74, 6) is -0.139. The molecule has 6 heteroatoms. The van der Waals surface area contributed by atoms with E-state index in [1.807, 2.05) is 18.2 Å². The van der Waals surface area contributed by atoms with E-state index in [1.165, 1.54) is 14.2 Å². The molecule has 0 heterocycles. The van der Waals surface area contributed by atoms with Gasteiger partial charge in [0.15, 0.2) is 0 Å². The van der Waals surface area contributed by atoms with Crippen molar-refractivity contribution in [3.05, 3.63) is 64.2 Å². The standard InChI is InChI=1S/C19H20ClNO4/c1-24-17-9-7-13(11-15(17)19(23)25-2)12-21-18(22)10-8-14-5-3-4-6-16(14)20/h3-7,9,11H,8,10,12H2,1-2H3,(H,21,22). The second-order valence-corrected chi connectivity index (χ2v) is 5.80. The fourth-order valence-electron chi connectivity index (χ4n) is 2.37. The van der Waals surface area contributed by atoms with Crippen LogP contribution in [-0.4, -0.2) is 26.1 Å². The van der Waals surface area contributed by atoms with Gasteiger partial charge in [-0.25, -0.2) is 4.79 Å². The average molecular weight is 362 g/mol. The molecule has 0 saturated heterocycles. The lowest BCUT2D eigenvalue weighted by Crippen LogP contribution is -2.23. The number of methoxy groups -OCH3 is 2. The van der Waals surface area contributed by atoms with E-state index in [9.17, 15) is 9.59 Å². The van der Waals surface area contributed by atoms with Crippen LogP contribution in [0.4, 0.5) is 0 Å². The topological polar surface area (TPSA) is 64.6 Å². The van der Waals surface area contributed by atoms with Gasteiger partial charge in [-0.1, -0.05) is 35.9 Å². The Morgan fingerprint density at radius 3 is 2.56 bits per heavy atom. The number of benzene rings is 2. The predicted octanol–water partition coefficient (Wildman–Crippen LogP) is 3.38. The Morgan fingerprint density at radius 2 is 1.88 bits per heavy atom. The molecule has 1 amide bonds. The Morgan fingerprint density at radius 1 is 1.12 bits per heavy atom. The van der Waals surface area contributed by atoms with E-state index in [0.29, 0.717) is 35.7 Å². The third-order valence-electron chi connectivity index (χ3n) is 3.74. The first kappa shape index (κ1) is 18.8. The van der Waals surface area contributed by atoms with Crippen molar-refractivity contribution in [2.75, 3.05) is 14.2 Å². The molecule has 2 rings (SSSR count). The van der Waals surface area contributed by atoms with E-state index < -0.39 is 5.97 Å². The Labute approximate surface area is 151 Å². The molecule has 0 spiro atoms. The van der Waals surface area contributed by atoms with E-state index >= 15 is 0 Å². The van der Waals surface area contributed by atoms with E-state index in [2.05, 4.69) is 5.32 Å². The molecule has 0 saturated carbocycles. The van der Waals surface area contributed by atoms with Crippen molar-refractivity contribution in [3.8, 4) is 5.75 Å². The molecule has 0 aliphatic rings. The van der Waals surface area contributed by atoms with Gasteiger partial charge in [0, 0.05) is 18.0 Å². The first-order chi connectivity index (χ1) is 12.0. The second-order valence-electron chi connectivity index (χ2n) is 5.39. The summed E-state index contributed by atoms with van der Waals surface area (Å²) in [6, 6.07) is 12.6. The highest BCUT2D eigenvalue weighted by atomic mass is 35.5. The van der Waals surface area contributed by atoms with Gasteiger partial charge >= 0.3 is 5.97 Å². The summed E-state index contributed by atoms with van der Waals surface area (Å²) < 4.78 is 9.89. The number of rotatable bonds is 7. The van der Waals surface area contributed by atoms with Crippen LogP contribution in [0.15, 0.2) is 42.5 Å². The number of aryl methyl sites for hydroxylation is 1. The molecule has 132 valence electrons. The van der Waals surface area contributed by atoms with Gasteiger partial charge in [-0.3, -0.25) is 4.79 Å². The molecule has 0 fully saturated rings. The molecule has 0 radical (unpaired) electrons. The van der Waals surface area contributed by atoms with Gasteiger partial charge in [-0.2, -0.15) is 0 Å². The van der Waals surface area contributed by atoms with Gasteiger partial charge in [0.05, 0.1) is 14.2 Å². The lowest BCUT2D eigenvalue weighted by atomic mass is 10.1. The molecule has 0 aliphatic carbocycles. The van der Waals surface area contributed by atoms with Crippen LogP contribution in [0.1, 0.15) is 27.9 Å². The summed E-state index contributed by atoms with van der Waals surface area (Å²) in [5.41, 5.74) is 2.05. The SMILES string of the molecule is COC(=O)c1cc(CNC(=O)CCc2ccccc2Cl)ccc1OC. The molecular weight excluding hydrogens is 342 g/mol. The Hall–Kier alpha value is -2.53. The molecule has 2 aromatic carbocycles. The minimum Gasteiger partial charge on any atom is -0.496 e. The Balaban J connectivity index is 1.93. The molecule has 0 aromatic heterocycles. The smallest absolute Gasteiger partial charge is 0.341 e. The number of esters is 1. The minimum atomic E-state index is -0.483. The summed E-state index contributed by atoms with van der Waals surface area (Å²) >= 11 is 6.08. The quantitative estimate of drug-likeness (QED) is 0.768. The highest BCUT2D eigenvalue weighted by Gasteiger charge is 2.13. The molecule has 0 unspecified atom stereocenters. The van der Waals surface area contributed by atoms with Crippen molar-refractivity contribution in [1.29, 1.82) is 0 Å². The van der Waals surface area contributed by atoms with Crippen LogP contribution < -0.4 is 10.1 Å². The number of halogens is 1. The maximum absolute atomic E-state index is 12.0. The molecule has 0 bridgehead atoms. The lowest BCUT2D eigenvalue weighted by molar-refractivity contribution is -0.121. The molecule has 25 heavy (non-hydrogen) atoms. The average Bonchev–Trinajstić information content (AvgIpc) is 2.64. The number of nitrogens with one attached hydrogen (secondary N) is 1. The van der Waals surface area contributed by atoms with Crippen LogP contribution in [0.2, 0.25) is 5.02 Å². The highest BCUT2D eigenvalue weighted by Crippen LogP contribution is 2.21. The molecule has 1 N–H and O–H groups in total. The largest absolute Gasteiger partial charge is 0.496 e. The van der Waals surface area contributed by atoms with Crippen molar-refractivity contribution >= 4 is 23.5 Å². The summed E-state index contributed by atoms with van der Waals surface area (Å²) in [6.45, 7) is 0.315. The van der Waals surface area contributed by atoms with Gasteiger partial charge in [0.1, 0.15) is 11.3 Å². The van der Waals surface area contributed by atoms with Crippen LogP contribution in [0.5, 0.6) is 5.75 Å². The second kappa shape index (κ2) is 9.08. The third kappa shape index (κ3) is 5.22. The van der Waals surface area contributed by atoms with Crippen molar-refractivity contribution in [2.45, 2.75) is 19.4 Å². The number of ether oxygens (including phenoxy) is 2. The molecule has 2 aromatic rings. The van der Waals surface area contributed by atoms with Crippen LogP contribution in [0, 0.1) is 0 Å². The van der Waals surface area contributed by atoms with Crippen molar-refractivity contribution in [3.63, 3.8) is 0 Å². The summed E-state index contributed by atoms with van der Waals surface area (Å²) in [5, 5.41) is 3.50. The zero-order chi connectivity index (χ0) is 18.2. The van der Waals surface area contributed by atoms with Crippen molar-refractivity contribution in [2.24, 2.45) is 0 Å². The Kier molecular flexibility index (Phi) is 6.83. The fourth-order valence-corrected chi connectivity index (χ4v) is 2.60. The summed E-state index contributed by atoms with van der Waals surface area (Å²) in [7, 11) is 2.79. The number of hydrogen-bond acceptors (Lipinski definition) is 4. The zero-order valence-electron chi connectivity index (χ0n) is 14.2. The molecular formula is C19H20ClNO4. The van der Waals surface area contributed by atoms with E-state index in [-0.39, 0.29) is 5.91 Å². The van der Waals surface area contributed by atoms with Gasteiger partial charge < -0.3 is 14.8 Å². The van der Waals surface area contributed by atoms with Crippen LogP contribution in [0.3, 0.4) is 0 Å². The molecule has 0 atom stereocenters.